The zero-order valence-corrected chi connectivity index (χ0v) is 12.3. The molecule has 20 heavy (non-hydrogen) atoms. The molecule has 2 unspecified atom stereocenters. The topological polar surface area (TPSA) is 80.0 Å². The Balaban J connectivity index is 1.97. The van der Waals surface area contributed by atoms with Gasteiger partial charge in [-0.25, -0.2) is 0 Å². The molecule has 1 aromatic rings. The standard InChI is InChI=1S/C14H24N4O2/c1-10(7-8-13(19)20)15-11(2)14-17-16-12-6-4-3-5-9-18(12)14/h10-11,15H,3-9H2,1-2H3,(H,19,20). The van der Waals surface area contributed by atoms with Gasteiger partial charge in [-0.15, -0.1) is 10.2 Å². The van der Waals surface area contributed by atoms with Crippen molar-refractivity contribution < 1.29 is 9.90 Å². The summed E-state index contributed by atoms with van der Waals surface area (Å²) in [6.07, 6.45) is 5.45. The average Bonchev–Trinajstić information content (AvgIpc) is 2.66. The van der Waals surface area contributed by atoms with Crippen molar-refractivity contribution in [3.63, 3.8) is 0 Å². The van der Waals surface area contributed by atoms with Crippen LogP contribution in [-0.4, -0.2) is 31.9 Å². The van der Waals surface area contributed by atoms with Crippen LogP contribution in [0, 0.1) is 0 Å². The molecule has 2 N–H and O–H groups in total. The molecular formula is C14H24N4O2. The number of fused-ring (bicyclic) bond motifs is 1. The molecule has 0 saturated carbocycles. The van der Waals surface area contributed by atoms with E-state index >= 15 is 0 Å². The van der Waals surface area contributed by atoms with E-state index in [1.54, 1.807) is 0 Å². The van der Waals surface area contributed by atoms with Crippen molar-refractivity contribution >= 4 is 5.97 Å². The molecule has 1 aliphatic heterocycles. The van der Waals surface area contributed by atoms with Crippen molar-refractivity contribution in [1.82, 2.24) is 20.1 Å². The Labute approximate surface area is 119 Å². The van der Waals surface area contributed by atoms with Gasteiger partial charge in [0.2, 0.25) is 0 Å². The Morgan fingerprint density at radius 3 is 2.90 bits per heavy atom. The summed E-state index contributed by atoms with van der Waals surface area (Å²) in [6.45, 7) is 5.08. The molecular weight excluding hydrogens is 256 g/mol. The third-order valence-corrected chi connectivity index (χ3v) is 3.85. The summed E-state index contributed by atoms with van der Waals surface area (Å²) in [6, 6.07) is 0.248. The molecule has 0 amide bonds. The highest BCUT2D eigenvalue weighted by Crippen LogP contribution is 2.19. The van der Waals surface area contributed by atoms with Gasteiger partial charge in [-0.05, 0) is 33.1 Å². The van der Waals surface area contributed by atoms with E-state index in [1.165, 1.54) is 19.3 Å². The van der Waals surface area contributed by atoms with Crippen molar-refractivity contribution in [2.45, 2.75) is 71.0 Å². The number of rotatable bonds is 6. The largest absolute Gasteiger partial charge is 0.481 e. The Morgan fingerprint density at radius 2 is 2.15 bits per heavy atom. The normalized spacial score (nSPS) is 18.1. The molecule has 0 aliphatic carbocycles. The summed E-state index contributed by atoms with van der Waals surface area (Å²) in [5, 5.41) is 20.8. The first-order valence-electron chi connectivity index (χ1n) is 7.47. The molecule has 0 fully saturated rings. The highest BCUT2D eigenvalue weighted by atomic mass is 16.4. The first kappa shape index (κ1) is 15.0. The van der Waals surface area contributed by atoms with Gasteiger partial charge in [-0.3, -0.25) is 4.79 Å². The van der Waals surface area contributed by atoms with Gasteiger partial charge < -0.3 is 15.0 Å². The second-order valence-corrected chi connectivity index (χ2v) is 5.66. The maximum Gasteiger partial charge on any atom is 0.303 e. The molecule has 1 aromatic heterocycles. The van der Waals surface area contributed by atoms with Crippen LogP contribution < -0.4 is 5.32 Å². The highest BCUT2D eigenvalue weighted by molar-refractivity contribution is 5.66. The summed E-state index contributed by atoms with van der Waals surface area (Å²) < 4.78 is 2.23. The summed E-state index contributed by atoms with van der Waals surface area (Å²) in [5.74, 6) is 1.32. The van der Waals surface area contributed by atoms with E-state index in [0.717, 1.165) is 24.6 Å². The number of hydrogen-bond acceptors (Lipinski definition) is 4. The van der Waals surface area contributed by atoms with Crippen LogP contribution in [0.4, 0.5) is 0 Å². The first-order valence-corrected chi connectivity index (χ1v) is 7.47. The molecule has 6 nitrogen and oxygen atoms in total. The van der Waals surface area contributed by atoms with E-state index in [2.05, 4.69) is 27.0 Å². The van der Waals surface area contributed by atoms with E-state index in [1.807, 2.05) is 6.92 Å². The number of carboxylic acid groups (broad SMARTS) is 1. The van der Waals surface area contributed by atoms with Crippen LogP contribution in [0.1, 0.15) is 63.6 Å². The van der Waals surface area contributed by atoms with E-state index in [9.17, 15) is 4.79 Å². The van der Waals surface area contributed by atoms with Gasteiger partial charge in [0, 0.05) is 25.4 Å². The minimum Gasteiger partial charge on any atom is -0.481 e. The second-order valence-electron chi connectivity index (χ2n) is 5.66. The van der Waals surface area contributed by atoms with Gasteiger partial charge in [-0.2, -0.15) is 0 Å². The molecule has 1 aliphatic rings. The van der Waals surface area contributed by atoms with Gasteiger partial charge in [-0.1, -0.05) is 6.42 Å². The molecule has 2 heterocycles. The highest BCUT2D eigenvalue weighted by Gasteiger charge is 2.20. The minimum atomic E-state index is -0.748. The number of aryl methyl sites for hydroxylation is 1. The Morgan fingerprint density at radius 1 is 1.35 bits per heavy atom. The third-order valence-electron chi connectivity index (χ3n) is 3.85. The Hall–Kier alpha value is -1.43. The lowest BCUT2D eigenvalue weighted by Crippen LogP contribution is -2.31. The molecule has 2 rings (SSSR count). The third kappa shape index (κ3) is 3.79. The van der Waals surface area contributed by atoms with E-state index in [4.69, 9.17) is 5.11 Å². The molecule has 0 bridgehead atoms. The van der Waals surface area contributed by atoms with Crippen molar-refractivity contribution in [1.29, 1.82) is 0 Å². The van der Waals surface area contributed by atoms with Crippen molar-refractivity contribution in [2.24, 2.45) is 0 Å². The lowest BCUT2D eigenvalue weighted by molar-refractivity contribution is -0.137. The predicted molar refractivity (Wildman–Crippen MR) is 75.5 cm³/mol. The van der Waals surface area contributed by atoms with Gasteiger partial charge in [0.1, 0.15) is 11.6 Å². The average molecular weight is 280 g/mol. The van der Waals surface area contributed by atoms with Gasteiger partial charge in [0.15, 0.2) is 0 Å². The summed E-state index contributed by atoms with van der Waals surface area (Å²) in [5.41, 5.74) is 0. The number of carboxylic acids is 1. The Bertz CT molecular complexity index is 458. The molecule has 0 radical (unpaired) electrons. The molecule has 0 saturated heterocycles. The van der Waals surface area contributed by atoms with Crippen LogP contribution >= 0.6 is 0 Å². The summed E-state index contributed by atoms with van der Waals surface area (Å²) >= 11 is 0. The van der Waals surface area contributed by atoms with E-state index in [-0.39, 0.29) is 18.5 Å². The number of aliphatic carboxylic acids is 1. The molecule has 2 atom stereocenters. The predicted octanol–water partition coefficient (Wildman–Crippen LogP) is 1.91. The summed E-state index contributed by atoms with van der Waals surface area (Å²) in [4.78, 5) is 10.6. The number of aromatic nitrogens is 3. The van der Waals surface area contributed by atoms with E-state index < -0.39 is 5.97 Å². The summed E-state index contributed by atoms with van der Waals surface area (Å²) in [7, 11) is 0. The van der Waals surface area contributed by atoms with Crippen molar-refractivity contribution in [3.8, 4) is 0 Å². The molecule has 0 aromatic carbocycles. The van der Waals surface area contributed by atoms with E-state index in [0.29, 0.717) is 6.42 Å². The number of nitrogens with zero attached hydrogens (tertiary/aromatic N) is 3. The minimum absolute atomic E-state index is 0.0955. The zero-order chi connectivity index (χ0) is 14.5. The quantitative estimate of drug-likeness (QED) is 0.832. The Kier molecular flexibility index (Phi) is 5.11. The molecule has 112 valence electrons. The van der Waals surface area contributed by atoms with Crippen LogP contribution in [0.3, 0.4) is 0 Å². The van der Waals surface area contributed by atoms with Crippen molar-refractivity contribution in [2.75, 3.05) is 0 Å². The fourth-order valence-electron chi connectivity index (χ4n) is 2.75. The van der Waals surface area contributed by atoms with Gasteiger partial charge in [0.05, 0.1) is 6.04 Å². The first-order chi connectivity index (χ1) is 9.58. The van der Waals surface area contributed by atoms with Crippen LogP contribution in [0.5, 0.6) is 0 Å². The lowest BCUT2D eigenvalue weighted by Gasteiger charge is -2.20. The van der Waals surface area contributed by atoms with Crippen LogP contribution in [0.25, 0.3) is 0 Å². The fourth-order valence-corrected chi connectivity index (χ4v) is 2.75. The number of carbonyl (C=O) groups is 1. The smallest absolute Gasteiger partial charge is 0.303 e. The van der Waals surface area contributed by atoms with Crippen molar-refractivity contribution in [3.05, 3.63) is 11.6 Å². The van der Waals surface area contributed by atoms with Crippen LogP contribution in [-0.2, 0) is 17.8 Å². The van der Waals surface area contributed by atoms with Gasteiger partial charge >= 0.3 is 5.97 Å². The molecule has 0 spiro atoms. The van der Waals surface area contributed by atoms with Crippen LogP contribution in [0.2, 0.25) is 0 Å². The number of nitrogens with one attached hydrogen (secondary N) is 1. The zero-order valence-electron chi connectivity index (χ0n) is 12.3. The maximum atomic E-state index is 10.6. The SMILES string of the molecule is CC(CCC(=O)O)NC(C)c1nnc2n1CCCCC2. The second kappa shape index (κ2) is 6.83. The van der Waals surface area contributed by atoms with Crippen LogP contribution in [0.15, 0.2) is 0 Å². The lowest BCUT2D eigenvalue weighted by atomic mass is 10.1. The molecule has 6 heteroatoms. The van der Waals surface area contributed by atoms with Gasteiger partial charge in [0.25, 0.3) is 0 Å². The monoisotopic (exact) mass is 280 g/mol. The fraction of sp³-hybridized carbons (Fsp3) is 0.786. The number of hydrogen-bond donors (Lipinski definition) is 2. The maximum absolute atomic E-state index is 10.6.